The smallest absolute Gasteiger partial charge is 0.228 e. The number of ether oxygens (including phenoxy) is 1. The van der Waals surface area contributed by atoms with Crippen LogP contribution in [0.3, 0.4) is 0 Å². The van der Waals surface area contributed by atoms with E-state index in [1.54, 1.807) is 0 Å². The molecule has 118 valence electrons. The first-order chi connectivity index (χ1) is 10.8. The Balaban J connectivity index is 1.99. The highest BCUT2D eigenvalue weighted by molar-refractivity contribution is 5.90. The summed E-state index contributed by atoms with van der Waals surface area (Å²) in [5, 5.41) is 13.8. The minimum absolute atomic E-state index is 0.00385. The number of hydrogen-bond acceptors (Lipinski definition) is 6. The number of benzene rings is 1. The third-order valence-electron chi connectivity index (χ3n) is 3.94. The number of para-hydroxylation sites is 1. The topological polar surface area (TPSA) is 70.5 Å². The molecule has 0 aliphatic carbocycles. The van der Waals surface area contributed by atoms with Crippen molar-refractivity contribution in [2.75, 3.05) is 43.1 Å². The molecule has 0 amide bonds. The molecule has 0 spiro atoms. The van der Waals surface area contributed by atoms with Gasteiger partial charge >= 0.3 is 0 Å². The summed E-state index contributed by atoms with van der Waals surface area (Å²) in [6.45, 7) is 5.13. The maximum Gasteiger partial charge on any atom is 0.228 e. The van der Waals surface area contributed by atoms with E-state index in [2.05, 4.69) is 15.2 Å². The number of nitrogens with one attached hydrogen (secondary N) is 1. The van der Waals surface area contributed by atoms with Crippen molar-refractivity contribution in [1.29, 1.82) is 0 Å². The fraction of sp³-hybridized carbons (Fsp3) is 0.500. The van der Waals surface area contributed by atoms with E-state index in [0.29, 0.717) is 13.2 Å². The second-order valence-electron chi connectivity index (χ2n) is 5.42. The van der Waals surface area contributed by atoms with Gasteiger partial charge in [-0.15, -0.1) is 0 Å². The molecule has 1 aromatic carbocycles. The fourth-order valence-electron chi connectivity index (χ4n) is 2.55. The van der Waals surface area contributed by atoms with Crippen LogP contribution in [0.5, 0.6) is 0 Å². The monoisotopic (exact) mass is 302 g/mol. The molecule has 1 aromatic heterocycles. The van der Waals surface area contributed by atoms with E-state index in [9.17, 15) is 5.11 Å². The molecule has 2 aromatic rings. The van der Waals surface area contributed by atoms with E-state index < -0.39 is 0 Å². The zero-order valence-corrected chi connectivity index (χ0v) is 12.8. The first-order valence-corrected chi connectivity index (χ1v) is 7.78. The molecule has 2 heterocycles. The van der Waals surface area contributed by atoms with E-state index in [-0.39, 0.29) is 12.6 Å². The molecule has 0 bridgehead atoms. The number of morpholine rings is 1. The van der Waals surface area contributed by atoms with Crippen LogP contribution in [-0.2, 0) is 4.74 Å². The number of fused-ring (bicyclic) bond motifs is 1. The number of hydrogen-bond donors (Lipinski definition) is 2. The molecule has 1 atom stereocenters. The molecule has 1 saturated heterocycles. The molecule has 2 N–H and O–H groups in total. The van der Waals surface area contributed by atoms with Gasteiger partial charge in [0.25, 0.3) is 0 Å². The summed E-state index contributed by atoms with van der Waals surface area (Å²) in [5.74, 6) is 1.50. The Bertz CT molecular complexity index is 625. The van der Waals surface area contributed by atoms with Crippen LogP contribution in [0, 0.1) is 0 Å². The van der Waals surface area contributed by atoms with Gasteiger partial charge in [0.15, 0.2) is 0 Å². The minimum Gasteiger partial charge on any atom is -0.394 e. The first kappa shape index (κ1) is 15.0. The Kier molecular flexibility index (Phi) is 4.70. The first-order valence-electron chi connectivity index (χ1n) is 7.78. The Morgan fingerprint density at radius 1 is 1.27 bits per heavy atom. The lowest BCUT2D eigenvalue weighted by Crippen LogP contribution is -2.37. The summed E-state index contributed by atoms with van der Waals surface area (Å²) in [7, 11) is 0. The second-order valence-corrected chi connectivity index (χ2v) is 5.42. The van der Waals surface area contributed by atoms with Crippen molar-refractivity contribution in [3.8, 4) is 0 Å². The summed E-state index contributed by atoms with van der Waals surface area (Å²) in [4.78, 5) is 11.5. The summed E-state index contributed by atoms with van der Waals surface area (Å²) >= 11 is 0. The molecule has 0 saturated carbocycles. The van der Waals surface area contributed by atoms with Gasteiger partial charge in [0.1, 0.15) is 5.82 Å². The van der Waals surface area contributed by atoms with Gasteiger partial charge in [-0.1, -0.05) is 19.1 Å². The van der Waals surface area contributed by atoms with Crippen molar-refractivity contribution in [3.05, 3.63) is 24.3 Å². The van der Waals surface area contributed by atoms with Crippen LogP contribution >= 0.6 is 0 Å². The van der Waals surface area contributed by atoms with Crippen LogP contribution in [0.25, 0.3) is 10.9 Å². The maximum absolute atomic E-state index is 9.44. The van der Waals surface area contributed by atoms with E-state index in [1.165, 1.54) is 0 Å². The van der Waals surface area contributed by atoms with Crippen LogP contribution in [0.15, 0.2) is 24.3 Å². The van der Waals surface area contributed by atoms with Crippen LogP contribution in [-0.4, -0.2) is 54.0 Å². The Morgan fingerprint density at radius 3 is 2.77 bits per heavy atom. The van der Waals surface area contributed by atoms with Gasteiger partial charge in [-0.05, 0) is 18.6 Å². The van der Waals surface area contributed by atoms with Crippen molar-refractivity contribution in [2.45, 2.75) is 19.4 Å². The fourth-order valence-corrected chi connectivity index (χ4v) is 2.55. The average Bonchev–Trinajstić information content (AvgIpc) is 2.60. The highest BCUT2D eigenvalue weighted by Gasteiger charge is 2.17. The van der Waals surface area contributed by atoms with Crippen LogP contribution in [0.4, 0.5) is 11.8 Å². The molecule has 1 aliphatic rings. The lowest BCUT2D eigenvalue weighted by molar-refractivity contribution is 0.122. The molecule has 6 nitrogen and oxygen atoms in total. The quantitative estimate of drug-likeness (QED) is 0.875. The maximum atomic E-state index is 9.44. The normalized spacial score (nSPS) is 16.7. The Labute approximate surface area is 130 Å². The molecule has 3 rings (SSSR count). The molecular formula is C16H22N4O2. The lowest BCUT2D eigenvalue weighted by Gasteiger charge is -2.27. The number of rotatable bonds is 5. The van der Waals surface area contributed by atoms with Crippen molar-refractivity contribution in [3.63, 3.8) is 0 Å². The van der Waals surface area contributed by atoms with Gasteiger partial charge < -0.3 is 20.1 Å². The van der Waals surface area contributed by atoms with Crippen molar-refractivity contribution in [1.82, 2.24) is 9.97 Å². The van der Waals surface area contributed by atoms with Gasteiger partial charge in [0.05, 0.1) is 31.4 Å². The van der Waals surface area contributed by atoms with E-state index >= 15 is 0 Å². The Morgan fingerprint density at radius 2 is 2.05 bits per heavy atom. The molecule has 1 fully saturated rings. The predicted octanol–water partition coefficient (Wildman–Crippen LogP) is 1.65. The second kappa shape index (κ2) is 6.89. The summed E-state index contributed by atoms with van der Waals surface area (Å²) < 4.78 is 5.39. The lowest BCUT2D eigenvalue weighted by atomic mass is 10.2. The number of aromatic nitrogens is 2. The third kappa shape index (κ3) is 3.13. The highest BCUT2D eigenvalue weighted by atomic mass is 16.5. The molecule has 22 heavy (non-hydrogen) atoms. The number of nitrogens with zero attached hydrogens (tertiary/aromatic N) is 3. The number of anilines is 2. The van der Waals surface area contributed by atoms with Crippen LogP contribution in [0.1, 0.15) is 13.3 Å². The van der Waals surface area contributed by atoms with Gasteiger partial charge in [-0.2, -0.15) is 4.98 Å². The summed E-state index contributed by atoms with van der Waals surface area (Å²) in [5.41, 5.74) is 0.911. The van der Waals surface area contributed by atoms with E-state index in [0.717, 1.165) is 42.2 Å². The number of aliphatic hydroxyl groups excluding tert-OH is 1. The molecule has 1 unspecified atom stereocenters. The van der Waals surface area contributed by atoms with Crippen molar-refractivity contribution < 1.29 is 9.84 Å². The molecular weight excluding hydrogens is 280 g/mol. The molecule has 0 radical (unpaired) electrons. The molecule has 6 heteroatoms. The van der Waals surface area contributed by atoms with Gasteiger partial charge in [0, 0.05) is 18.5 Å². The third-order valence-corrected chi connectivity index (χ3v) is 3.94. The van der Waals surface area contributed by atoms with E-state index in [4.69, 9.17) is 9.72 Å². The average molecular weight is 302 g/mol. The number of aliphatic hydroxyl groups is 1. The van der Waals surface area contributed by atoms with Gasteiger partial charge in [-0.25, -0.2) is 4.98 Å². The minimum atomic E-state index is -0.00385. The zero-order valence-electron chi connectivity index (χ0n) is 12.8. The van der Waals surface area contributed by atoms with Gasteiger partial charge in [0.2, 0.25) is 5.95 Å². The van der Waals surface area contributed by atoms with E-state index in [1.807, 2.05) is 31.2 Å². The largest absolute Gasteiger partial charge is 0.394 e. The standard InChI is InChI=1S/C16H22N4O2/c1-2-12(11-21)17-15-13-5-3-4-6-14(13)18-16(19-15)20-7-9-22-10-8-20/h3-6,12,21H,2,7-11H2,1H3,(H,17,18,19). The summed E-state index contributed by atoms with van der Waals surface area (Å²) in [6, 6.07) is 7.95. The summed E-state index contributed by atoms with van der Waals surface area (Å²) in [6.07, 6.45) is 0.835. The SMILES string of the molecule is CCC(CO)Nc1nc(N2CCOCC2)nc2ccccc12. The van der Waals surface area contributed by atoms with Gasteiger partial charge in [-0.3, -0.25) is 0 Å². The Hall–Kier alpha value is -1.92. The van der Waals surface area contributed by atoms with Crippen LogP contribution in [0.2, 0.25) is 0 Å². The zero-order chi connectivity index (χ0) is 15.4. The van der Waals surface area contributed by atoms with Crippen LogP contribution < -0.4 is 10.2 Å². The highest BCUT2D eigenvalue weighted by Crippen LogP contribution is 2.24. The molecule has 1 aliphatic heterocycles. The predicted molar refractivity (Wildman–Crippen MR) is 87.4 cm³/mol. The van der Waals surface area contributed by atoms with Crippen molar-refractivity contribution in [2.24, 2.45) is 0 Å². The van der Waals surface area contributed by atoms with Crippen molar-refractivity contribution >= 4 is 22.7 Å².